The first kappa shape index (κ1) is 12.7. The van der Waals surface area contributed by atoms with Gasteiger partial charge >= 0.3 is 5.97 Å². The number of hydrogen-bond acceptors (Lipinski definition) is 4. The van der Waals surface area contributed by atoms with Gasteiger partial charge < -0.3 is 10.4 Å². The summed E-state index contributed by atoms with van der Waals surface area (Å²) in [5, 5.41) is 15.5. The lowest BCUT2D eigenvalue weighted by molar-refractivity contribution is 0.0695. The van der Waals surface area contributed by atoms with Crippen molar-refractivity contribution in [3.8, 4) is 5.82 Å². The van der Waals surface area contributed by atoms with E-state index in [4.69, 9.17) is 5.11 Å². The molecule has 2 rings (SSSR count). The van der Waals surface area contributed by atoms with Crippen molar-refractivity contribution in [2.24, 2.45) is 0 Å². The van der Waals surface area contributed by atoms with Crippen molar-refractivity contribution in [2.45, 2.75) is 6.92 Å². The minimum absolute atomic E-state index is 0.141. The normalized spacial score (nSPS) is 10.2. The number of aryl methyl sites for hydroxylation is 1. The molecule has 0 saturated carbocycles. The summed E-state index contributed by atoms with van der Waals surface area (Å²) in [4.78, 5) is 26.4. The zero-order valence-electron chi connectivity index (χ0n) is 10.4. The molecule has 0 spiro atoms. The van der Waals surface area contributed by atoms with E-state index < -0.39 is 5.97 Å². The highest BCUT2D eigenvalue weighted by Crippen LogP contribution is 2.10. The van der Waals surface area contributed by atoms with Crippen LogP contribution in [0.25, 0.3) is 5.82 Å². The average Bonchev–Trinajstić information content (AvgIpc) is 2.86. The molecule has 0 aromatic carbocycles. The van der Waals surface area contributed by atoms with Gasteiger partial charge in [0.25, 0.3) is 5.91 Å². The van der Waals surface area contributed by atoms with E-state index in [0.717, 1.165) is 0 Å². The number of aromatic nitrogens is 3. The van der Waals surface area contributed by atoms with Gasteiger partial charge in [0.2, 0.25) is 0 Å². The fraction of sp³-hybridized carbons (Fsp3) is 0.167. The van der Waals surface area contributed by atoms with E-state index >= 15 is 0 Å². The number of pyridine rings is 1. The lowest BCUT2D eigenvalue weighted by atomic mass is 10.2. The van der Waals surface area contributed by atoms with E-state index in [1.54, 1.807) is 19.2 Å². The van der Waals surface area contributed by atoms with Gasteiger partial charge in [-0.3, -0.25) is 4.79 Å². The summed E-state index contributed by atoms with van der Waals surface area (Å²) in [5.74, 6) is -0.863. The van der Waals surface area contributed by atoms with Crippen LogP contribution in [0.15, 0.2) is 24.4 Å². The predicted octanol–water partition coefficient (Wildman–Crippen LogP) is 0.634. The largest absolute Gasteiger partial charge is 0.478 e. The molecule has 0 fully saturated rings. The van der Waals surface area contributed by atoms with Crippen LogP contribution in [-0.2, 0) is 0 Å². The topological polar surface area (TPSA) is 97.1 Å². The summed E-state index contributed by atoms with van der Waals surface area (Å²) in [5.41, 5.74) is 0.800. The van der Waals surface area contributed by atoms with Crippen molar-refractivity contribution in [3.05, 3.63) is 41.3 Å². The molecule has 19 heavy (non-hydrogen) atoms. The molecule has 0 atom stereocenters. The van der Waals surface area contributed by atoms with E-state index in [1.807, 2.05) is 0 Å². The Labute approximate surface area is 108 Å². The first-order chi connectivity index (χ1) is 9.02. The van der Waals surface area contributed by atoms with Crippen molar-refractivity contribution in [2.75, 3.05) is 7.05 Å². The Bertz CT molecular complexity index is 648. The maximum atomic E-state index is 11.4. The molecule has 1 amide bonds. The summed E-state index contributed by atoms with van der Waals surface area (Å²) in [7, 11) is 1.52. The van der Waals surface area contributed by atoms with Crippen molar-refractivity contribution >= 4 is 11.9 Å². The van der Waals surface area contributed by atoms with Gasteiger partial charge in [-0.05, 0) is 25.1 Å². The molecule has 2 aromatic heterocycles. The van der Waals surface area contributed by atoms with E-state index in [0.29, 0.717) is 11.5 Å². The second-order valence-electron chi connectivity index (χ2n) is 3.83. The van der Waals surface area contributed by atoms with Gasteiger partial charge in [-0.1, -0.05) is 0 Å². The predicted molar refractivity (Wildman–Crippen MR) is 66.4 cm³/mol. The van der Waals surface area contributed by atoms with Crippen LogP contribution in [0, 0.1) is 6.92 Å². The molecule has 7 nitrogen and oxygen atoms in total. The molecule has 0 saturated heterocycles. The lowest BCUT2D eigenvalue weighted by Crippen LogP contribution is -2.18. The quantitative estimate of drug-likeness (QED) is 0.843. The number of carboxylic acid groups (broad SMARTS) is 1. The number of aromatic carboxylic acids is 1. The van der Waals surface area contributed by atoms with Gasteiger partial charge in [0.1, 0.15) is 0 Å². The number of carbonyl (C=O) groups is 2. The summed E-state index contributed by atoms with van der Waals surface area (Å²) in [6.45, 7) is 1.61. The molecule has 0 aliphatic rings. The number of amides is 1. The second-order valence-corrected chi connectivity index (χ2v) is 3.83. The fourth-order valence-electron chi connectivity index (χ4n) is 1.60. The minimum Gasteiger partial charge on any atom is -0.478 e. The van der Waals surface area contributed by atoms with Crippen LogP contribution in [0.3, 0.4) is 0 Å². The highest BCUT2D eigenvalue weighted by molar-refractivity contribution is 5.92. The summed E-state index contributed by atoms with van der Waals surface area (Å²) in [6, 6.07) is 4.55. The van der Waals surface area contributed by atoms with Gasteiger partial charge in [-0.25, -0.2) is 14.5 Å². The van der Waals surface area contributed by atoms with Crippen molar-refractivity contribution in [1.29, 1.82) is 0 Å². The van der Waals surface area contributed by atoms with Gasteiger partial charge in [-0.15, -0.1) is 0 Å². The zero-order valence-corrected chi connectivity index (χ0v) is 10.4. The van der Waals surface area contributed by atoms with E-state index in [9.17, 15) is 9.59 Å². The SMILES string of the molecule is CNC(=O)c1ccn(-c2ccc(C(=O)O)c(C)n2)n1. The van der Waals surface area contributed by atoms with Crippen molar-refractivity contribution in [1.82, 2.24) is 20.1 Å². The molecule has 0 radical (unpaired) electrons. The molecular weight excluding hydrogens is 248 g/mol. The highest BCUT2D eigenvalue weighted by Gasteiger charge is 2.12. The molecule has 0 aliphatic heterocycles. The third kappa shape index (κ3) is 2.44. The molecule has 2 aromatic rings. The van der Waals surface area contributed by atoms with E-state index in [1.165, 1.54) is 23.9 Å². The van der Waals surface area contributed by atoms with Crippen LogP contribution in [0.4, 0.5) is 0 Å². The smallest absolute Gasteiger partial charge is 0.337 e. The van der Waals surface area contributed by atoms with Crippen molar-refractivity contribution < 1.29 is 14.7 Å². The van der Waals surface area contributed by atoms with Crippen LogP contribution in [0.5, 0.6) is 0 Å². The molecule has 2 heterocycles. The molecule has 0 aliphatic carbocycles. The summed E-state index contributed by atoms with van der Waals surface area (Å²) in [6.07, 6.45) is 1.59. The molecule has 98 valence electrons. The Morgan fingerprint density at radius 3 is 2.63 bits per heavy atom. The maximum absolute atomic E-state index is 11.4. The minimum atomic E-state index is -1.02. The Morgan fingerprint density at radius 2 is 2.05 bits per heavy atom. The second kappa shape index (κ2) is 4.89. The molecule has 2 N–H and O–H groups in total. The maximum Gasteiger partial charge on any atom is 0.337 e. The zero-order chi connectivity index (χ0) is 14.0. The summed E-state index contributed by atoms with van der Waals surface area (Å²) >= 11 is 0. The molecule has 0 bridgehead atoms. The van der Waals surface area contributed by atoms with Crippen LogP contribution in [-0.4, -0.2) is 38.8 Å². The van der Waals surface area contributed by atoms with Crippen LogP contribution in [0.2, 0.25) is 0 Å². The van der Waals surface area contributed by atoms with Crippen LogP contribution in [0.1, 0.15) is 26.5 Å². The van der Waals surface area contributed by atoms with Gasteiger partial charge in [0.05, 0.1) is 11.3 Å². The number of hydrogen-bond donors (Lipinski definition) is 2. The van der Waals surface area contributed by atoms with E-state index in [-0.39, 0.29) is 17.2 Å². The number of carbonyl (C=O) groups excluding carboxylic acids is 1. The Hall–Kier alpha value is -2.70. The van der Waals surface area contributed by atoms with Gasteiger partial charge in [0, 0.05) is 13.2 Å². The Balaban J connectivity index is 2.37. The average molecular weight is 260 g/mol. The Kier molecular flexibility index (Phi) is 3.28. The summed E-state index contributed by atoms with van der Waals surface area (Å²) < 4.78 is 1.42. The van der Waals surface area contributed by atoms with Gasteiger partial charge in [-0.2, -0.15) is 5.10 Å². The fourth-order valence-corrected chi connectivity index (χ4v) is 1.60. The van der Waals surface area contributed by atoms with Gasteiger partial charge in [0.15, 0.2) is 11.5 Å². The Morgan fingerprint density at radius 1 is 1.32 bits per heavy atom. The first-order valence-electron chi connectivity index (χ1n) is 5.52. The molecule has 7 heteroatoms. The van der Waals surface area contributed by atoms with Crippen LogP contribution >= 0.6 is 0 Å². The van der Waals surface area contributed by atoms with Crippen LogP contribution < -0.4 is 5.32 Å². The lowest BCUT2D eigenvalue weighted by Gasteiger charge is -2.04. The first-order valence-corrected chi connectivity index (χ1v) is 5.52. The third-order valence-electron chi connectivity index (χ3n) is 2.59. The van der Waals surface area contributed by atoms with E-state index in [2.05, 4.69) is 15.4 Å². The number of nitrogens with zero attached hydrogens (tertiary/aromatic N) is 3. The standard InChI is InChI=1S/C12H12N4O3/c1-7-8(12(18)19)3-4-10(14-7)16-6-5-9(15-16)11(17)13-2/h3-6H,1-2H3,(H,13,17)(H,18,19). The third-order valence-corrected chi connectivity index (χ3v) is 2.59. The monoisotopic (exact) mass is 260 g/mol. The van der Waals surface area contributed by atoms with Crippen molar-refractivity contribution in [3.63, 3.8) is 0 Å². The molecular formula is C12H12N4O3. The molecule has 0 unspecified atom stereocenters. The highest BCUT2D eigenvalue weighted by atomic mass is 16.4. The number of rotatable bonds is 3. The number of carboxylic acids is 1. The number of nitrogens with one attached hydrogen (secondary N) is 1.